The lowest BCUT2D eigenvalue weighted by Crippen LogP contribution is -2.79. The number of aliphatic hydroxyl groups is 2. The van der Waals surface area contributed by atoms with Gasteiger partial charge in [-0.05, 0) is 44.5 Å². The molecule has 0 aliphatic heterocycles. The number of benzene rings is 1. The van der Waals surface area contributed by atoms with Gasteiger partial charge in [0.05, 0.1) is 29.4 Å². The summed E-state index contributed by atoms with van der Waals surface area (Å²) in [7, 11) is 3.09. The molecule has 1 aromatic rings. The minimum Gasteiger partial charge on any atom is -0.507 e. The van der Waals surface area contributed by atoms with Crippen LogP contribution in [0.25, 0.3) is 0 Å². The second kappa shape index (κ2) is 10.0. The molecule has 40 heavy (non-hydrogen) atoms. The van der Waals surface area contributed by atoms with E-state index >= 15 is 0 Å². The summed E-state index contributed by atoms with van der Waals surface area (Å²) in [6.45, 7) is 1.74. The van der Waals surface area contributed by atoms with Crippen molar-refractivity contribution in [2.75, 3.05) is 14.1 Å². The number of phenols is 1. The number of Topliss-reactive ketones (excluding diaryl/α,β-unsaturated/α-hetero) is 3. The summed E-state index contributed by atoms with van der Waals surface area (Å²) in [6, 6.07) is 3.31. The number of likely N-dealkylation sites (N-methyl/N-ethyl adjacent to an activating group) is 1. The molecule has 0 bridgehead atoms. The van der Waals surface area contributed by atoms with Gasteiger partial charge in [0, 0.05) is 12.0 Å². The Labute approximate surface area is 231 Å². The molecule has 0 aromatic heterocycles. The molecule has 3 saturated carbocycles. The van der Waals surface area contributed by atoms with Crippen LogP contribution >= 0.6 is 0 Å². The van der Waals surface area contributed by atoms with Crippen molar-refractivity contribution >= 4 is 29.2 Å². The Hall–Kier alpha value is -3.15. The number of aromatic hydroxyl groups is 1. The first-order chi connectivity index (χ1) is 18.8. The van der Waals surface area contributed by atoms with E-state index < -0.39 is 88.6 Å². The first-order valence-electron chi connectivity index (χ1n) is 13.8. The van der Waals surface area contributed by atoms with Gasteiger partial charge in [0.15, 0.2) is 23.0 Å². The zero-order chi connectivity index (χ0) is 29.3. The molecule has 0 saturated heterocycles. The van der Waals surface area contributed by atoms with Gasteiger partial charge in [-0.25, -0.2) is 0 Å². The summed E-state index contributed by atoms with van der Waals surface area (Å²) in [5.74, 6) is -12.5. The average molecular weight is 557 g/mol. The highest BCUT2D eigenvalue weighted by molar-refractivity contribution is 6.25. The third-order valence-corrected chi connectivity index (χ3v) is 9.74. The number of carbonyl (C=O) groups excluding carboxylic acids is 5. The number of amides is 1. The van der Waals surface area contributed by atoms with Crippen molar-refractivity contribution in [2.45, 2.75) is 68.8 Å². The maximum atomic E-state index is 14.2. The van der Waals surface area contributed by atoms with Crippen molar-refractivity contribution in [3.8, 4) is 5.75 Å². The minimum absolute atomic E-state index is 0.0945. The zero-order valence-electron chi connectivity index (χ0n) is 22.8. The molecule has 4 aliphatic rings. The predicted octanol–water partition coefficient (Wildman–Crippen LogP) is 0.322. The molecule has 1 amide bonds. The molecule has 5 N–H and O–H groups in total. The van der Waals surface area contributed by atoms with E-state index in [9.17, 15) is 39.3 Å². The highest BCUT2D eigenvalue weighted by Gasteiger charge is 2.73. The van der Waals surface area contributed by atoms with E-state index in [1.807, 2.05) is 0 Å². The van der Waals surface area contributed by atoms with Crippen LogP contribution in [0.15, 0.2) is 18.2 Å². The molecule has 4 aliphatic carbocycles. The third-order valence-electron chi connectivity index (χ3n) is 9.74. The molecule has 5 rings (SSSR count). The van der Waals surface area contributed by atoms with Gasteiger partial charge in [0.25, 0.3) is 0 Å². The second-order valence-electron chi connectivity index (χ2n) is 12.0. The van der Waals surface area contributed by atoms with Gasteiger partial charge in [0.2, 0.25) is 5.91 Å². The van der Waals surface area contributed by atoms with Crippen molar-refractivity contribution < 1.29 is 44.0 Å². The normalized spacial score (nSPS) is 37.9. The number of phenolic OH excluding ortho intramolecular Hbond substituents is 1. The van der Waals surface area contributed by atoms with Crippen molar-refractivity contribution in [3.05, 3.63) is 29.3 Å². The number of hydrogen-bond acceptors (Lipinski definition) is 10. The van der Waals surface area contributed by atoms with Crippen LogP contribution in [0.1, 0.15) is 60.9 Å². The maximum Gasteiger partial charge on any atom is 0.309 e. The van der Waals surface area contributed by atoms with Crippen LogP contribution in [-0.2, 0) is 23.9 Å². The largest absolute Gasteiger partial charge is 0.507 e. The number of carbonyl (C=O) groups is 5. The fourth-order valence-electron chi connectivity index (χ4n) is 7.85. The van der Waals surface area contributed by atoms with Crippen molar-refractivity contribution in [1.82, 2.24) is 4.90 Å². The monoisotopic (exact) mass is 556 g/mol. The van der Waals surface area contributed by atoms with E-state index in [4.69, 9.17) is 10.5 Å². The fraction of sp³-hybridized carbons (Fsp3) is 0.621. The summed E-state index contributed by atoms with van der Waals surface area (Å²) in [5, 5.41) is 33.9. The number of primary amides is 1. The Balaban J connectivity index is 1.72. The van der Waals surface area contributed by atoms with Crippen LogP contribution in [0, 0.1) is 29.6 Å². The lowest BCUT2D eigenvalue weighted by Gasteiger charge is -2.58. The van der Waals surface area contributed by atoms with Crippen molar-refractivity contribution in [1.29, 1.82) is 0 Å². The topological polar surface area (TPSA) is 185 Å². The number of rotatable bonds is 4. The van der Waals surface area contributed by atoms with E-state index in [1.54, 1.807) is 33.2 Å². The number of esters is 1. The van der Waals surface area contributed by atoms with Crippen LogP contribution in [0.3, 0.4) is 0 Å². The third kappa shape index (κ3) is 3.93. The van der Waals surface area contributed by atoms with Crippen LogP contribution in [0.5, 0.6) is 5.75 Å². The van der Waals surface area contributed by atoms with E-state index in [2.05, 4.69) is 0 Å². The molecule has 0 spiro atoms. The summed E-state index contributed by atoms with van der Waals surface area (Å²) < 4.78 is 6.15. The minimum atomic E-state index is -2.95. The summed E-state index contributed by atoms with van der Waals surface area (Å²) in [6.07, 6.45) is 0.789. The number of ketones is 3. The Morgan fingerprint density at radius 2 is 1.73 bits per heavy atom. The Kier molecular flexibility index (Phi) is 7.12. The molecule has 9 atom stereocenters. The highest BCUT2D eigenvalue weighted by Crippen LogP contribution is 2.56. The van der Waals surface area contributed by atoms with Crippen LogP contribution in [0.2, 0.25) is 0 Å². The van der Waals surface area contributed by atoms with Gasteiger partial charge in [0.1, 0.15) is 17.8 Å². The van der Waals surface area contributed by atoms with Crippen LogP contribution < -0.4 is 5.73 Å². The Bertz CT molecular complexity index is 1270. The summed E-state index contributed by atoms with van der Waals surface area (Å²) in [5.41, 5.74) is 2.87. The Morgan fingerprint density at radius 1 is 1.07 bits per heavy atom. The molecular formula is C29H36N2O9. The highest BCUT2D eigenvalue weighted by atomic mass is 16.5. The van der Waals surface area contributed by atoms with Crippen molar-refractivity contribution in [2.24, 2.45) is 35.3 Å². The van der Waals surface area contributed by atoms with Crippen molar-refractivity contribution in [3.63, 3.8) is 0 Å². The molecule has 0 heterocycles. The quantitative estimate of drug-likeness (QED) is 0.297. The number of ether oxygens (including phenoxy) is 1. The number of hydrogen-bond donors (Lipinski definition) is 4. The standard InChI is InChI=1S/C29H36N2O9/c1-12-14-10-7-11-15(32)17(14)22(33)18-16(12)24(40-28(38)13-8-5-4-6-9-13)20-21(31(2)3)23(34)19(27(30)37)26(36)29(20,39)25(18)35/h7,10-13,16,18-21,23-24,32,34,39H,4-6,8-9H2,1-3H3,(H2,30,37)/t12-,16+,18?,19?,20+,21-,23?,24-,29-/m0/s1. The van der Waals surface area contributed by atoms with Crippen LogP contribution in [-0.4, -0.2) is 87.4 Å². The smallest absolute Gasteiger partial charge is 0.309 e. The summed E-state index contributed by atoms with van der Waals surface area (Å²) >= 11 is 0. The van der Waals surface area contributed by atoms with E-state index in [0.29, 0.717) is 18.4 Å². The van der Waals surface area contributed by atoms with E-state index in [1.165, 1.54) is 11.0 Å². The number of aliphatic hydroxyl groups excluding tert-OH is 1. The van der Waals surface area contributed by atoms with Gasteiger partial charge in [-0.2, -0.15) is 0 Å². The first-order valence-corrected chi connectivity index (χ1v) is 13.8. The number of fused-ring (bicyclic) bond motifs is 3. The van der Waals surface area contributed by atoms with Crippen LogP contribution in [0.4, 0.5) is 0 Å². The first kappa shape index (κ1) is 28.4. The van der Waals surface area contributed by atoms with Gasteiger partial charge >= 0.3 is 5.97 Å². The molecule has 0 radical (unpaired) electrons. The molecule has 3 unspecified atom stereocenters. The predicted molar refractivity (Wildman–Crippen MR) is 139 cm³/mol. The zero-order valence-corrected chi connectivity index (χ0v) is 22.8. The van der Waals surface area contributed by atoms with Gasteiger partial charge < -0.3 is 30.7 Å². The number of nitrogens with two attached hydrogens (primary N) is 1. The van der Waals surface area contributed by atoms with Gasteiger partial charge in [-0.3, -0.25) is 24.0 Å². The second-order valence-corrected chi connectivity index (χ2v) is 12.0. The molecular weight excluding hydrogens is 520 g/mol. The molecule has 216 valence electrons. The van der Waals surface area contributed by atoms with E-state index in [0.717, 1.165) is 19.3 Å². The molecule has 11 heteroatoms. The molecule has 3 fully saturated rings. The van der Waals surface area contributed by atoms with E-state index in [-0.39, 0.29) is 11.3 Å². The summed E-state index contributed by atoms with van der Waals surface area (Å²) in [4.78, 5) is 69.2. The lowest BCUT2D eigenvalue weighted by molar-refractivity contribution is -0.218. The van der Waals surface area contributed by atoms with Gasteiger partial charge in [-0.1, -0.05) is 38.3 Å². The number of nitrogens with zero attached hydrogens (tertiary/aromatic N) is 1. The average Bonchev–Trinajstić information content (AvgIpc) is 2.90. The molecule has 1 aromatic carbocycles. The fourth-order valence-corrected chi connectivity index (χ4v) is 7.85. The Morgan fingerprint density at radius 3 is 2.33 bits per heavy atom. The lowest BCUT2D eigenvalue weighted by atomic mass is 9.49. The maximum absolute atomic E-state index is 14.2. The van der Waals surface area contributed by atoms with Gasteiger partial charge in [-0.15, -0.1) is 0 Å². The molecule has 11 nitrogen and oxygen atoms in total. The SMILES string of the molecule is C[C@H]1c2cccc(O)c2C(=O)C2C(=O)[C@]3(O)C(=O)C(C(N)=O)C(O)[C@@H](N(C)C)[C@@H]3[C@@H](OC(=O)C3CCCCC3)[C@@H]21.